The number of ether oxygens (including phenoxy) is 1. The first-order valence-electron chi connectivity index (χ1n) is 5.48. The van der Waals surface area contributed by atoms with Crippen LogP contribution in [-0.2, 0) is 4.74 Å². The van der Waals surface area contributed by atoms with Gasteiger partial charge in [0.25, 0.3) is 0 Å². The molecule has 1 atom stereocenters. The summed E-state index contributed by atoms with van der Waals surface area (Å²) in [6.45, 7) is 3.58. The standard InChI is InChI=1S/C10H17N3O2/c1-2-8(11)10-12-9(13-15-10)7-3-5-14-6-4-7/h7-8H,2-6,11H2,1H3/t8-/m1/s1. The lowest BCUT2D eigenvalue weighted by molar-refractivity contribution is 0.0830. The molecule has 0 bridgehead atoms. The van der Waals surface area contributed by atoms with Gasteiger partial charge in [-0.05, 0) is 19.3 Å². The van der Waals surface area contributed by atoms with Crippen LogP contribution in [0.3, 0.4) is 0 Å². The predicted molar refractivity (Wildman–Crippen MR) is 54.3 cm³/mol. The van der Waals surface area contributed by atoms with Crippen LogP contribution >= 0.6 is 0 Å². The van der Waals surface area contributed by atoms with Crippen molar-refractivity contribution in [3.8, 4) is 0 Å². The fourth-order valence-corrected chi connectivity index (χ4v) is 1.69. The minimum atomic E-state index is -0.133. The lowest BCUT2D eigenvalue weighted by atomic mass is 10.00. The third kappa shape index (κ3) is 2.35. The number of hydrogen-bond donors (Lipinski definition) is 1. The van der Waals surface area contributed by atoms with Gasteiger partial charge >= 0.3 is 0 Å². The van der Waals surface area contributed by atoms with Crippen LogP contribution in [0.2, 0.25) is 0 Å². The first-order valence-corrected chi connectivity index (χ1v) is 5.48. The molecule has 0 saturated carbocycles. The highest BCUT2D eigenvalue weighted by Crippen LogP contribution is 2.25. The molecule has 2 heterocycles. The second-order valence-electron chi connectivity index (χ2n) is 3.89. The summed E-state index contributed by atoms with van der Waals surface area (Å²) in [6, 6.07) is -0.133. The van der Waals surface area contributed by atoms with Crippen LogP contribution in [0.4, 0.5) is 0 Å². The normalized spacial score (nSPS) is 20.4. The van der Waals surface area contributed by atoms with Crippen molar-refractivity contribution in [1.82, 2.24) is 10.1 Å². The van der Waals surface area contributed by atoms with Gasteiger partial charge in [-0.25, -0.2) is 0 Å². The molecule has 0 aliphatic carbocycles. The van der Waals surface area contributed by atoms with Gasteiger partial charge in [-0.15, -0.1) is 0 Å². The molecule has 0 amide bonds. The van der Waals surface area contributed by atoms with Gasteiger partial charge in [-0.2, -0.15) is 4.98 Å². The molecule has 15 heavy (non-hydrogen) atoms. The van der Waals surface area contributed by atoms with Gasteiger partial charge in [-0.1, -0.05) is 12.1 Å². The molecule has 2 N–H and O–H groups in total. The fraction of sp³-hybridized carbons (Fsp3) is 0.800. The summed E-state index contributed by atoms with van der Waals surface area (Å²) in [5, 5.41) is 3.99. The molecule has 1 aromatic rings. The third-order valence-corrected chi connectivity index (χ3v) is 2.80. The van der Waals surface area contributed by atoms with Crippen LogP contribution in [0.25, 0.3) is 0 Å². The van der Waals surface area contributed by atoms with Gasteiger partial charge in [-0.3, -0.25) is 0 Å². The van der Waals surface area contributed by atoms with Gasteiger partial charge in [0.05, 0.1) is 6.04 Å². The number of aromatic nitrogens is 2. The molecule has 1 aliphatic rings. The Bertz CT molecular complexity index is 307. The van der Waals surface area contributed by atoms with Crippen molar-refractivity contribution < 1.29 is 9.26 Å². The van der Waals surface area contributed by atoms with Gasteiger partial charge in [0, 0.05) is 19.1 Å². The Labute approximate surface area is 89.0 Å². The zero-order chi connectivity index (χ0) is 10.7. The molecule has 0 radical (unpaired) electrons. The molecule has 0 spiro atoms. The summed E-state index contributed by atoms with van der Waals surface area (Å²) < 4.78 is 10.4. The smallest absolute Gasteiger partial charge is 0.243 e. The predicted octanol–water partition coefficient (Wildman–Crippen LogP) is 1.37. The Kier molecular flexibility index (Phi) is 3.33. The maximum absolute atomic E-state index is 5.82. The average molecular weight is 211 g/mol. The maximum atomic E-state index is 5.82. The highest BCUT2D eigenvalue weighted by atomic mass is 16.5. The second kappa shape index (κ2) is 4.72. The van der Waals surface area contributed by atoms with Gasteiger partial charge in [0.2, 0.25) is 5.89 Å². The highest BCUT2D eigenvalue weighted by molar-refractivity contribution is 4.98. The van der Waals surface area contributed by atoms with Crippen molar-refractivity contribution in [3.63, 3.8) is 0 Å². The Morgan fingerprint density at radius 2 is 2.20 bits per heavy atom. The zero-order valence-electron chi connectivity index (χ0n) is 8.98. The van der Waals surface area contributed by atoms with E-state index in [1.807, 2.05) is 6.92 Å². The number of nitrogens with zero attached hydrogens (tertiary/aromatic N) is 2. The minimum Gasteiger partial charge on any atom is -0.381 e. The molecular formula is C10H17N3O2. The highest BCUT2D eigenvalue weighted by Gasteiger charge is 2.22. The molecular weight excluding hydrogens is 194 g/mol. The van der Waals surface area contributed by atoms with E-state index in [1.165, 1.54) is 0 Å². The van der Waals surface area contributed by atoms with Gasteiger partial charge < -0.3 is 15.0 Å². The Hall–Kier alpha value is -0.940. The number of nitrogens with two attached hydrogens (primary N) is 1. The van der Waals surface area contributed by atoms with E-state index in [0.29, 0.717) is 11.8 Å². The van der Waals surface area contributed by atoms with Gasteiger partial charge in [0.1, 0.15) is 0 Å². The lowest BCUT2D eigenvalue weighted by Gasteiger charge is -2.18. The average Bonchev–Trinajstić information content (AvgIpc) is 2.78. The molecule has 1 fully saturated rings. The van der Waals surface area contributed by atoms with E-state index < -0.39 is 0 Å². The lowest BCUT2D eigenvalue weighted by Crippen LogP contribution is -2.15. The first kappa shape index (κ1) is 10.6. The number of rotatable bonds is 3. The van der Waals surface area contributed by atoms with E-state index in [9.17, 15) is 0 Å². The van der Waals surface area contributed by atoms with Crippen molar-refractivity contribution in [1.29, 1.82) is 0 Å². The summed E-state index contributed by atoms with van der Waals surface area (Å²) in [4.78, 5) is 4.35. The molecule has 84 valence electrons. The summed E-state index contributed by atoms with van der Waals surface area (Å²) in [6.07, 6.45) is 2.76. The Balaban J connectivity index is 2.05. The summed E-state index contributed by atoms with van der Waals surface area (Å²) in [7, 11) is 0. The molecule has 0 aromatic carbocycles. The maximum Gasteiger partial charge on any atom is 0.243 e. The second-order valence-corrected chi connectivity index (χ2v) is 3.89. The Morgan fingerprint density at radius 1 is 1.47 bits per heavy atom. The minimum absolute atomic E-state index is 0.133. The zero-order valence-corrected chi connectivity index (χ0v) is 8.98. The van der Waals surface area contributed by atoms with Crippen molar-refractivity contribution in [2.24, 2.45) is 5.73 Å². The summed E-state index contributed by atoms with van der Waals surface area (Å²) >= 11 is 0. The quantitative estimate of drug-likeness (QED) is 0.817. The monoisotopic (exact) mass is 211 g/mol. The Morgan fingerprint density at radius 3 is 2.87 bits per heavy atom. The van der Waals surface area contributed by atoms with E-state index in [4.69, 9.17) is 15.0 Å². The van der Waals surface area contributed by atoms with Crippen LogP contribution in [0, 0.1) is 0 Å². The fourth-order valence-electron chi connectivity index (χ4n) is 1.69. The molecule has 1 aromatic heterocycles. The largest absolute Gasteiger partial charge is 0.381 e. The number of hydrogen-bond acceptors (Lipinski definition) is 5. The van der Waals surface area contributed by atoms with Crippen LogP contribution in [0.1, 0.15) is 49.9 Å². The molecule has 0 unspecified atom stereocenters. The topological polar surface area (TPSA) is 74.2 Å². The van der Waals surface area contributed by atoms with E-state index in [1.54, 1.807) is 0 Å². The van der Waals surface area contributed by atoms with Crippen molar-refractivity contribution in [3.05, 3.63) is 11.7 Å². The molecule has 1 aliphatic heterocycles. The van der Waals surface area contributed by atoms with Crippen LogP contribution in [0.5, 0.6) is 0 Å². The third-order valence-electron chi connectivity index (χ3n) is 2.80. The molecule has 5 nitrogen and oxygen atoms in total. The van der Waals surface area contributed by atoms with Gasteiger partial charge in [0.15, 0.2) is 5.82 Å². The molecule has 5 heteroatoms. The van der Waals surface area contributed by atoms with Crippen LogP contribution in [0.15, 0.2) is 4.52 Å². The van der Waals surface area contributed by atoms with E-state index in [2.05, 4.69) is 10.1 Å². The first-order chi connectivity index (χ1) is 7.31. The van der Waals surface area contributed by atoms with Crippen LogP contribution in [-0.4, -0.2) is 23.4 Å². The van der Waals surface area contributed by atoms with Crippen molar-refractivity contribution in [2.45, 2.75) is 38.1 Å². The SMILES string of the molecule is CC[C@@H](N)c1nc(C2CCOCC2)no1. The summed E-state index contributed by atoms with van der Waals surface area (Å²) in [5.74, 6) is 1.72. The van der Waals surface area contributed by atoms with E-state index in [0.717, 1.165) is 38.3 Å². The van der Waals surface area contributed by atoms with Crippen molar-refractivity contribution in [2.75, 3.05) is 13.2 Å². The van der Waals surface area contributed by atoms with E-state index in [-0.39, 0.29) is 6.04 Å². The van der Waals surface area contributed by atoms with Crippen molar-refractivity contribution >= 4 is 0 Å². The molecule has 2 rings (SSSR count). The van der Waals surface area contributed by atoms with Crippen LogP contribution < -0.4 is 5.73 Å². The molecule has 1 saturated heterocycles. The summed E-state index contributed by atoms with van der Waals surface area (Å²) in [5.41, 5.74) is 5.82. The van der Waals surface area contributed by atoms with E-state index >= 15 is 0 Å².